The Morgan fingerprint density at radius 3 is 2.79 bits per heavy atom. The number of hydrogen-bond donors (Lipinski definition) is 4. The SMILES string of the molecule is C=CCC(N)c1cc(-c2ccc(NC(=O)OC)cc2N)cc(=O)[nH]1. The molecule has 2 rings (SSSR count). The number of benzene rings is 1. The fourth-order valence-electron chi connectivity index (χ4n) is 2.30. The van der Waals surface area contributed by atoms with Crippen molar-refractivity contribution in [3.05, 3.63) is 59.0 Å². The molecule has 0 saturated carbocycles. The summed E-state index contributed by atoms with van der Waals surface area (Å²) in [6.07, 6.45) is 1.64. The molecule has 0 radical (unpaired) electrons. The van der Waals surface area contributed by atoms with Crippen LogP contribution in [0.3, 0.4) is 0 Å². The van der Waals surface area contributed by atoms with E-state index in [0.717, 1.165) is 0 Å². The second kappa shape index (κ2) is 7.47. The summed E-state index contributed by atoms with van der Waals surface area (Å²) in [6, 6.07) is 7.87. The van der Waals surface area contributed by atoms with Crippen LogP contribution in [0.25, 0.3) is 11.1 Å². The molecule has 1 unspecified atom stereocenters. The van der Waals surface area contributed by atoms with E-state index in [1.807, 2.05) is 0 Å². The van der Waals surface area contributed by atoms with Gasteiger partial charge in [-0.1, -0.05) is 12.1 Å². The number of ether oxygens (including phenoxy) is 1. The largest absolute Gasteiger partial charge is 0.453 e. The molecule has 0 aliphatic carbocycles. The molecule has 6 N–H and O–H groups in total. The molecule has 24 heavy (non-hydrogen) atoms. The number of nitrogen functional groups attached to an aromatic ring is 1. The van der Waals surface area contributed by atoms with Crippen molar-refractivity contribution in [1.82, 2.24) is 4.98 Å². The van der Waals surface area contributed by atoms with Crippen molar-refractivity contribution in [2.24, 2.45) is 5.73 Å². The van der Waals surface area contributed by atoms with Gasteiger partial charge in [-0.2, -0.15) is 0 Å². The van der Waals surface area contributed by atoms with Crippen LogP contribution in [-0.4, -0.2) is 18.2 Å². The minimum atomic E-state index is -0.587. The molecule has 0 aliphatic heterocycles. The van der Waals surface area contributed by atoms with Gasteiger partial charge in [0.05, 0.1) is 7.11 Å². The molecule has 0 saturated heterocycles. The third kappa shape index (κ3) is 4.02. The van der Waals surface area contributed by atoms with Crippen molar-refractivity contribution < 1.29 is 9.53 Å². The Balaban J connectivity index is 2.39. The number of carbonyl (C=O) groups excluding carboxylic acids is 1. The number of rotatable bonds is 5. The van der Waals surface area contributed by atoms with Crippen LogP contribution in [0.15, 0.2) is 47.8 Å². The van der Waals surface area contributed by atoms with E-state index in [1.165, 1.54) is 13.2 Å². The fraction of sp³-hybridized carbons (Fsp3) is 0.176. The van der Waals surface area contributed by atoms with Gasteiger partial charge < -0.3 is 21.2 Å². The zero-order valence-electron chi connectivity index (χ0n) is 13.3. The number of aromatic nitrogens is 1. The van der Waals surface area contributed by atoms with Crippen molar-refractivity contribution in [1.29, 1.82) is 0 Å². The number of nitrogens with two attached hydrogens (primary N) is 2. The van der Waals surface area contributed by atoms with Gasteiger partial charge in [-0.05, 0) is 30.2 Å². The maximum atomic E-state index is 11.9. The summed E-state index contributed by atoms with van der Waals surface area (Å²) >= 11 is 0. The van der Waals surface area contributed by atoms with Gasteiger partial charge in [0.25, 0.3) is 0 Å². The van der Waals surface area contributed by atoms with Crippen LogP contribution in [0.2, 0.25) is 0 Å². The van der Waals surface area contributed by atoms with Crippen molar-refractivity contribution in [3.63, 3.8) is 0 Å². The monoisotopic (exact) mass is 328 g/mol. The molecular formula is C17H20N4O3. The van der Waals surface area contributed by atoms with Gasteiger partial charge in [0.15, 0.2) is 0 Å². The number of methoxy groups -OCH3 is 1. The third-order valence-corrected chi connectivity index (χ3v) is 3.48. The fourth-order valence-corrected chi connectivity index (χ4v) is 2.30. The Morgan fingerprint density at radius 2 is 2.17 bits per heavy atom. The number of anilines is 2. The summed E-state index contributed by atoms with van der Waals surface area (Å²) in [5, 5.41) is 2.53. The maximum Gasteiger partial charge on any atom is 0.411 e. The van der Waals surface area contributed by atoms with E-state index in [-0.39, 0.29) is 11.6 Å². The first kappa shape index (κ1) is 17.3. The highest BCUT2D eigenvalue weighted by molar-refractivity contribution is 5.87. The molecule has 7 heteroatoms. The smallest absolute Gasteiger partial charge is 0.411 e. The first-order valence-electron chi connectivity index (χ1n) is 7.30. The number of H-pyrrole nitrogens is 1. The highest BCUT2D eigenvalue weighted by atomic mass is 16.5. The van der Waals surface area contributed by atoms with Crippen molar-refractivity contribution in [3.8, 4) is 11.1 Å². The summed E-state index contributed by atoms with van der Waals surface area (Å²) in [5.74, 6) is 0. The van der Waals surface area contributed by atoms with E-state index in [0.29, 0.717) is 34.6 Å². The summed E-state index contributed by atoms with van der Waals surface area (Å²) in [5.41, 5.74) is 14.6. The molecule has 0 spiro atoms. The highest BCUT2D eigenvalue weighted by Gasteiger charge is 2.11. The van der Waals surface area contributed by atoms with E-state index in [2.05, 4.69) is 21.6 Å². The lowest BCUT2D eigenvalue weighted by atomic mass is 10.0. The quantitative estimate of drug-likeness (QED) is 0.495. The number of pyridine rings is 1. The second-order valence-electron chi connectivity index (χ2n) is 5.24. The Labute approximate surface area is 139 Å². The molecule has 2 aromatic rings. The first-order valence-corrected chi connectivity index (χ1v) is 7.30. The molecule has 1 aromatic carbocycles. The number of hydrogen-bond acceptors (Lipinski definition) is 5. The summed E-state index contributed by atoms with van der Waals surface area (Å²) in [6.45, 7) is 3.65. The maximum absolute atomic E-state index is 11.9. The predicted molar refractivity (Wildman–Crippen MR) is 94.7 cm³/mol. The van der Waals surface area contributed by atoms with Crippen molar-refractivity contribution >= 4 is 17.5 Å². The average Bonchev–Trinajstić information content (AvgIpc) is 2.54. The molecule has 1 amide bonds. The molecule has 0 aliphatic rings. The number of carbonyl (C=O) groups is 1. The molecule has 0 fully saturated rings. The standard InChI is InChI=1S/C17H20N4O3/c1-3-4-13(18)15-7-10(8-16(22)21-15)12-6-5-11(9-14(12)19)20-17(23)24-2/h3,5-9,13H,1,4,18-19H2,2H3,(H,20,23)(H,21,22). The minimum Gasteiger partial charge on any atom is -0.453 e. The summed E-state index contributed by atoms with van der Waals surface area (Å²) < 4.78 is 4.53. The van der Waals surface area contributed by atoms with Crippen LogP contribution < -0.4 is 22.3 Å². The van der Waals surface area contributed by atoms with Crippen LogP contribution >= 0.6 is 0 Å². The molecule has 0 bridgehead atoms. The van der Waals surface area contributed by atoms with Gasteiger partial charge in [0, 0.05) is 34.7 Å². The third-order valence-electron chi connectivity index (χ3n) is 3.48. The van der Waals surface area contributed by atoms with E-state index in [9.17, 15) is 9.59 Å². The lowest BCUT2D eigenvalue weighted by Gasteiger charge is -2.13. The Bertz CT molecular complexity index is 814. The van der Waals surface area contributed by atoms with Crippen LogP contribution in [0.4, 0.5) is 16.2 Å². The van der Waals surface area contributed by atoms with Crippen molar-refractivity contribution in [2.75, 3.05) is 18.2 Å². The normalized spacial score (nSPS) is 11.6. The predicted octanol–water partition coefficient (Wildman–Crippen LogP) is 2.38. The van der Waals surface area contributed by atoms with Gasteiger partial charge in [0.2, 0.25) is 5.56 Å². The number of aromatic amines is 1. The molecule has 7 nitrogen and oxygen atoms in total. The van der Waals surface area contributed by atoms with Crippen LogP contribution in [0.1, 0.15) is 18.2 Å². The molecule has 1 heterocycles. The van der Waals surface area contributed by atoms with Gasteiger partial charge in [-0.15, -0.1) is 6.58 Å². The van der Waals surface area contributed by atoms with Gasteiger partial charge in [-0.3, -0.25) is 10.1 Å². The highest BCUT2D eigenvalue weighted by Crippen LogP contribution is 2.29. The Kier molecular flexibility index (Phi) is 5.39. The van der Waals surface area contributed by atoms with Crippen LogP contribution in [0, 0.1) is 0 Å². The number of nitrogens with one attached hydrogen (secondary N) is 2. The average molecular weight is 328 g/mol. The summed E-state index contributed by atoms with van der Waals surface area (Å²) in [4.78, 5) is 25.9. The topological polar surface area (TPSA) is 123 Å². The lowest BCUT2D eigenvalue weighted by Crippen LogP contribution is -2.17. The molecule has 126 valence electrons. The second-order valence-corrected chi connectivity index (χ2v) is 5.24. The first-order chi connectivity index (χ1) is 11.4. The lowest BCUT2D eigenvalue weighted by molar-refractivity contribution is 0.187. The molecular weight excluding hydrogens is 308 g/mol. The van der Waals surface area contributed by atoms with Gasteiger partial charge in [-0.25, -0.2) is 4.79 Å². The van der Waals surface area contributed by atoms with Gasteiger partial charge in [0.1, 0.15) is 0 Å². The summed E-state index contributed by atoms with van der Waals surface area (Å²) in [7, 11) is 1.28. The van der Waals surface area contributed by atoms with E-state index >= 15 is 0 Å². The van der Waals surface area contributed by atoms with Crippen LogP contribution in [0.5, 0.6) is 0 Å². The minimum absolute atomic E-state index is 0.266. The molecule has 1 aromatic heterocycles. The molecule has 1 atom stereocenters. The van der Waals surface area contributed by atoms with E-state index < -0.39 is 6.09 Å². The van der Waals surface area contributed by atoms with Crippen LogP contribution in [-0.2, 0) is 4.74 Å². The van der Waals surface area contributed by atoms with E-state index in [4.69, 9.17) is 11.5 Å². The Morgan fingerprint density at radius 1 is 1.42 bits per heavy atom. The Hall–Kier alpha value is -3.06. The van der Waals surface area contributed by atoms with Gasteiger partial charge >= 0.3 is 6.09 Å². The number of amides is 1. The van der Waals surface area contributed by atoms with E-state index in [1.54, 1.807) is 30.3 Å². The zero-order valence-corrected chi connectivity index (χ0v) is 13.3. The van der Waals surface area contributed by atoms with Crippen molar-refractivity contribution in [2.45, 2.75) is 12.5 Å². The zero-order chi connectivity index (χ0) is 17.7.